The van der Waals surface area contributed by atoms with Crippen LogP contribution >= 0.6 is 0 Å². The maximum Gasteiger partial charge on any atom is 0.261 e. The number of H-pyrrole nitrogens is 1. The third-order valence-electron chi connectivity index (χ3n) is 3.86. The number of rotatable bonds is 3. The molecule has 3 heterocycles. The number of anilines is 1. The Kier molecular flexibility index (Phi) is 3.66. The van der Waals surface area contributed by atoms with Gasteiger partial charge in [0.25, 0.3) is 5.56 Å². The largest absolute Gasteiger partial charge is 0.394 e. The van der Waals surface area contributed by atoms with Crippen LogP contribution in [0.4, 0.5) is 10.3 Å². The van der Waals surface area contributed by atoms with E-state index in [4.69, 9.17) is 15.6 Å². The van der Waals surface area contributed by atoms with Crippen molar-refractivity contribution < 1.29 is 19.3 Å². The third-order valence-corrected chi connectivity index (χ3v) is 3.86. The first kappa shape index (κ1) is 15.6. The lowest BCUT2D eigenvalue weighted by Gasteiger charge is -2.24. The lowest BCUT2D eigenvalue weighted by Crippen LogP contribution is -2.40. The molecule has 0 amide bonds. The molecule has 0 radical (unpaired) electrons. The Hall–Kier alpha value is -2.30. The van der Waals surface area contributed by atoms with Gasteiger partial charge in [-0.1, -0.05) is 0 Å². The van der Waals surface area contributed by atoms with E-state index < -0.39 is 36.3 Å². The lowest BCUT2D eigenvalue weighted by atomic mass is 9.99. The number of alkyl halides is 1. The Bertz CT molecular complexity index is 774. The van der Waals surface area contributed by atoms with E-state index in [-0.39, 0.29) is 17.2 Å². The number of hydrogen-bond acceptors (Lipinski definition) is 7. The highest BCUT2D eigenvalue weighted by molar-refractivity contribution is 5.56. The summed E-state index contributed by atoms with van der Waals surface area (Å²) in [5.74, 6) is -0.0254. The standard InChI is InChI=1S/C13H16FN5O4/c1-13(14)9(21)8(4-20)23-11(13)19-3-7(17-5-19)6-2-16-12(15)18-10(6)22/h2-3,5,8-9,11,20-21H,4H2,1H3,(H3,15,16,18,22)/t8-,9-,11-,13-/m1/s1. The summed E-state index contributed by atoms with van der Waals surface area (Å²) in [5, 5.41) is 19.0. The van der Waals surface area contributed by atoms with Gasteiger partial charge < -0.3 is 25.3 Å². The van der Waals surface area contributed by atoms with E-state index in [2.05, 4.69) is 15.0 Å². The monoisotopic (exact) mass is 325 g/mol. The Morgan fingerprint density at radius 1 is 1.57 bits per heavy atom. The van der Waals surface area contributed by atoms with Crippen LogP contribution in [0.5, 0.6) is 0 Å². The molecule has 1 saturated heterocycles. The summed E-state index contributed by atoms with van der Waals surface area (Å²) >= 11 is 0. The summed E-state index contributed by atoms with van der Waals surface area (Å²) in [6.07, 6.45) is 0.234. The molecule has 124 valence electrons. The minimum Gasteiger partial charge on any atom is -0.394 e. The molecule has 23 heavy (non-hydrogen) atoms. The van der Waals surface area contributed by atoms with Crippen LogP contribution in [0.25, 0.3) is 11.3 Å². The molecule has 4 atom stereocenters. The smallest absolute Gasteiger partial charge is 0.261 e. The third kappa shape index (κ3) is 2.50. The molecule has 0 bridgehead atoms. The molecule has 0 spiro atoms. The second-order valence-electron chi connectivity index (χ2n) is 5.52. The molecule has 3 rings (SSSR count). The van der Waals surface area contributed by atoms with Crippen molar-refractivity contribution >= 4 is 5.95 Å². The van der Waals surface area contributed by atoms with Crippen LogP contribution in [-0.4, -0.2) is 54.2 Å². The van der Waals surface area contributed by atoms with Crippen LogP contribution in [0.2, 0.25) is 0 Å². The van der Waals surface area contributed by atoms with Crippen LogP contribution in [0.3, 0.4) is 0 Å². The van der Waals surface area contributed by atoms with Gasteiger partial charge in [-0.15, -0.1) is 0 Å². The van der Waals surface area contributed by atoms with Gasteiger partial charge in [-0.2, -0.15) is 0 Å². The van der Waals surface area contributed by atoms with Crippen LogP contribution < -0.4 is 11.3 Å². The van der Waals surface area contributed by atoms with Gasteiger partial charge in [-0.25, -0.2) is 14.4 Å². The summed E-state index contributed by atoms with van der Waals surface area (Å²) in [5.41, 5.74) is 3.18. The SMILES string of the molecule is C[C@@]1(F)[C@H](O)[C@@H](CO)O[C@H]1n1cnc(-c2cnc(N)[nH]c2=O)c1. The molecule has 1 aliphatic heterocycles. The molecule has 0 aliphatic carbocycles. The number of aliphatic hydroxyl groups excluding tert-OH is 2. The normalized spacial score (nSPS) is 30.7. The molecule has 10 heteroatoms. The Balaban J connectivity index is 1.95. The Morgan fingerprint density at radius 3 is 2.91 bits per heavy atom. The fourth-order valence-corrected chi connectivity index (χ4v) is 2.58. The van der Waals surface area contributed by atoms with Gasteiger partial charge in [0, 0.05) is 12.4 Å². The lowest BCUT2D eigenvalue weighted by molar-refractivity contribution is -0.0586. The highest BCUT2D eigenvalue weighted by Gasteiger charge is 2.54. The number of nitrogens with zero attached hydrogens (tertiary/aromatic N) is 3. The zero-order valence-corrected chi connectivity index (χ0v) is 12.2. The Labute approximate surface area is 129 Å². The van der Waals surface area contributed by atoms with Gasteiger partial charge >= 0.3 is 0 Å². The summed E-state index contributed by atoms with van der Waals surface area (Å²) in [7, 11) is 0. The first-order chi connectivity index (χ1) is 10.8. The van der Waals surface area contributed by atoms with Crippen molar-refractivity contribution in [2.24, 2.45) is 0 Å². The minimum atomic E-state index is -2.13. The number of aliphatic hydroxyl groups is 2. The molecular weight excluding hydrogens is 309 g/mol. The van der Waals surface area contributed by atoms with E-state index in [9.17, 15) is 14.3 Å². The van der Waals surface area contributed by atoms with Crippen molar-refractivity contribution in [3.63, 3.8) is 0 Å². The van der Waals surface area contributed by atoms with E-state index in [1.54, 1.807) is 0 Å². The summed E-state index contributed by atoms with van der Waals surface area (Å²) in [6.45, 7) is 0.662. The predicted molar refractivity (Wildman–Crippen MR) is 77.0 cm³/mol. The quantitative estimate of drug-likeness (QED) is 0.579. The summed E-state index contributed by atoms with van der Waals surface area (Å²) < 4.78 is 21.3. The minimum absolute atomic E-state index is 0.0254. The van der Waals surface area contributed by atoms with Crippen molar-refractivity contribution in [3.05, 3.63) is 29.1 Å². The van der Waals surface area contributed by atoms with Gasteiger partial charge in [0.05, 0.1) is 24.2 Å². The number of ether oxygens (including phenoxy) is 1. The van der Waals surface area contributed by atoms with Crippen molar-refractivity contribution in [2.45, 2.75) is 31.0 Å². The van der Waals surface area contributed by atoms with E-state index in [1.807, 2.05) is 0 Å². The molecule has 9 nitrogen and oxygen atoms in total. The maximum atomic E-state index is 14.7. The van der Waals surface area contributed by atoms with E-state index >= 15 is 0 Å². The van der Waals surface area contributed by atoms with Crippen LogP contribution in [0, 0.1) is 0 Å². The van der Waals surface area contributed by atoms with Crippen molar-refractivity contribution in [2.75, 3.05) is 12.3 Å². The van der Waals surface area contributed by atoms with E-state index in [0.717, 1.165) is 0 Å². The summed E-state index contributed by atoms with van der Waals surface area (Å²) in [6, 6.07) is 0. The second-order valence-corrected chi connectivity index (χ2v) is 5.52. The van der Waals surface area contributed by atoms with Gasteiger partial charge in [0.15, 0.2) is 17.8 Å². The Morgan fingerprint density at radius 2 is 2.30 bits per heavy atom. The topological polar surface area (TPSA) is 139 Å². The molecule has 0 aromatic carbocycles. The number of aromatic amines is 1. The molecule has 1 aliphatic rings. The molecule has 0 saturated carbocycles. The number of nitrogens with one attached hydrogen (secondary N) is 1. The number of nitrogens with two attached hydrogens (primary N) is 1. The second kappa shape index (κ2) is 5.41. The number of nitrogen functional groups attached to an aromatic ring is 1. The first-order valence-corrected chi connectivity index (χ1v) is 6.86. The predicted octanol–water partition coefficient (Wildman–Crippen LogP) is -0.806. The molecule has 2 aromatic rings. The van der Waals surface area contributed by atoms with Gasteiger partial charge in [-0.3, -0.25) is 9.78 Å². The molecule has 1 fully saturated rings. The maximum absolute atomic E-state index is 14.7. The van der Waals surface area contributed by atoms with Crippen molar-refractivity contribution in [1.29, 1.82) is 0 Å². The molecule has 2 aromatic heterocycles. The van der Waals surface area contributed by atoms with Gasteiger partial charge in [0.2, 0.25) is 0 Å². The number of aromatic nitrogens is 4. The van der Waals surface area contributed by atoms with Gasteiger partial charge in [-0.05, 0) is 6.92 Å². The van der Waals surface area contributed by atoms with Crippen molar-refractivity contribution in [3.8, 4) is 11.3 Å². The number of halogens is 1. The zero-order valence-electron chi connectivity index (χ0n) is 12.2. The molecule has 5 N–H and O–H groups in total. The highest BCUT2D eigenvalue weighted by atomic mass is 19.1. The van der Waals surface area contributed by atoms with Crippen LogP contribution in [0.15, 0.2) is 23.5 Å². The number of imidazole rings is 1. The summed E-state index contributed by atoms with van der Waals surface area (Å²) in [4.78, 5) is 22.0. The van der Waals surface area contributed by atoms with Crippen molar-refractivity contribution in [1.82, 2.24) is 19.5 Å². The van der Waals surface area contributed by atoms with Crippen LogP contribution in [-0.2, 0) is 4.74 Å². The average Bonchev–Trinajstić information content (AvgIpc) is 3.04. The first-order valence-electron chi connectivity index (χ1n) is 6.86. The highest BCUT2D eigenvalue weighted by Crippen LogP contribution is 2.41. The average molecular weight is 325 g/mol. The fraction of sp³-hybridized carbons (Fsp3) is 0.462. The number of hydrogen-bond donors (Lipinski definition) is 4. The van der Waals surface area contributed by atoms with E-state index in [1.165, 1.54) is 30.2 Å². The fourth-order valence-electron chi connectivity index (χ4n) is 2.58. The van der Waals surface area contributed by atoms with E-state index in [0.29, 0.717) is 0 Å². The molecular formula is C13H16FN5O4. The van der Waals surface area contributed by atoms with Gasteiger partial charge in [0.1, 0.15) is 12.2 Å². The zero-order chi connectivity index (χ0) is 16.8. The van der Waals surface area contributed by atoms with Crippen LogP contribution in [0.1, 0.15) is 13.2 Å². The molecule has 0 unspecified atom stereocenters.